The summed E-state index contributed by atoms with van der Waals surface area (Å²) in [5, 5.41) is 5.85. The zero-order chi connectivity index (χ0) is 18.3. The predicted molar refractivity (Wildman–Crippen MR) is 95.2 cm³/mol. The number of nitrogens with one attached hydrogen (secondary N) is 2. The molecule has 4 amide bonds. The van der Waals surface area contributed by atoms with E-state index in [0.29, 0.717) is 19.5 Å². The molecule has 0 spiro atoms. The Balaban J connectivity index is 1.36. The molecule has 1 aromatic carbocycles. The zero-order valence-electron chi connectivity index (χ0n) is 14.9. The Hall–Kier alpha value is -2.57. The lowest BCUT2D eigenvalue weighted by Crippen LogP contribution is -2.60. The number of hydrogen-bond acceptors (Lipinski definition) is 3. The number of rotatable bonds is 3. The van der Waals surface area contributed by atoms with Crippen molar-refractivity contribution >= 4 is 17.8 Å². The summed E-state index contributed by atoms with van der Waals surface area (Å²) in [6.45, 7) is 3.01. The summed E-state index contributed by atoms with van der Waals surface area (Å²) in [4.78, 5) is 41.0. The van der Waals surface area contributed by atoms with Crippen molar-refractivity contribution in [1.29, 1.82) is 0 Å². The van der Waals surface area contributed by atoms with Crippen LogP contribution in [0.2, 0.25) is 0 Å². The summed E-state index contributed by atoms with van der Waals surface area (Å²) in [7, 11) is 0. The van der Waals surface area contributed by atoms with Crippen molar-refractivity contribution in [2.75, 3.05) is 13.1 Å². The molecular formula is C19H24N4O3. The third-order valence-corrected chi connectivity index (χ3v) is 5.67. The molecule has 3 aliphatic heterocycles. The molecule has 0 aliphatic carbocycles. The van der Waals surface area contributed by atoms with Crippen LogP contribution in [-0.2, 0) is 9.59 Å². The standard InChI is InChI=1S/C19H24N4O3/c1-12(13-6-3-2-4-7-13)20-19(26)21-14-10-16-18(25)22-9-5-8-15(22)17(24)23(16)11-14/h2-4,6-7,12,14-16H,5,8-11H2,1H3,(H2,20,21,26)/t12-,14-,15+,16-/m0/s1. The fraction of sp³-hybridized carbons (Fsp3) is 0.526. The molecule has 4 atom stereocenters. The van der Waals surface area contributed by atoms with Gasteiger partial charge in [-0.25, -0.2) is 4.79 Å². The van der Waals surface area contributed by atoms with Crippen molar-refractivity contribution in [3.05, 3.63) is 35.9 Å². The summed E-state index contributed by atoms with van der Waals surface area (Å²) >= 11 is 0. The van der Waals surface area contributed by atoms with E-state index in [1.165, 1.54) is 0 Å². The summed E-state index contributed by atoms with van der Waals surface area (Å²) in [5.74, 6) is 0.0731. The highest BCUT2D eigenvalue weighted by molar-refractivity contribution is 5.98. The first kappa shape index (κ1) is 16.9. The molecule has 0 radical (unpaired) electrons. The number of amides is 4. The maximum atomic E-state index is 12.6. The summed E-state index contributed by atoms with van der Waals surface area (Å²) < 4.78 is 0. The molecular weight excluding hydrogens is 332 g/mol. The third-order valence-electron chi connectivity index (χ3n) is 5.67. The summed E-state index contributed by atoms with van der Waals surface area (Å²) in [6.07, 6.45) is 2.13. The van der Waals surface area contributed by atoms with Gasteiger partial charge in [0, 0.05) is 13.1 Å². The molecule has 138 valence electrons. The van der Waals surface area contributed by atoms with Crippen molar-refractivity contribution in [2.24, 2.45) is 0 Å². The fourth-order valence-electron chi connectivity index (χ4n) is 4.34. The van der Waals surface area contributed by atoms with E-state index in [9.17, 15) is 14.4 Å². The maximum Gasteiger partial charge on any atom is 0.315 e. The van der Waals surface area contributed by atoms with Gasteiger partial charge < -0.3 is 20.4 Å². The van der Waals surface area contributed by atoms with Gasteiger partial charge in [-0.05, 0) is 31.7 Å². The number of carbonyl (C=O) groups excluding carboxylic acids is 3. The minimum Gasteiger partial charge on any atom is -0.334 e. The Bertz CT molecular complexity index is 693. The molecule has 7 nitrogen and oxygen atoms in total. The molecule has 0 aromatic heterocycles. The lowest BCUT2D eigenvalue weighted by Gasteiger charge is -2.38. The van der Waals surface area contributed by atoms with Gasteiger partial charge in [-0.15, -0.1) is 0 Å². The van der Waals surface area contributed by atoms with Crippen LogP contribution in [0.15, 0.2) is 30.3 Å². The summed E-state index contributed by atoms with van der Waals surface area (Å²) in [5.41, 5.74) is 1.03. The zero-order valence-corrected chi connectivity index (χ0v) is 14.9. The maximum absolute atomic E-state index is 12.6. The fourth-order valence-corrected chi connectivity index (χ4v) is 4.34. The third kappa shape index (κ3) is 2.91. The number of carbonyl (C=O) groups is 3. The highest BCUT2D eigenvalue weighted by Gasteiger charge is 2.51. The van der Waals surface area contributed by atoms with Gasteiger partial charge in [0.25, 0.3) is 0 Å². The number of benzene rings is 1. The number of fused-ring (bicyclic) bond motifs is 2. The normalized spacial score (nSPS) is 28.6. The number of urea groups is 1. The molecule has 0 bridgehead atoms. The van der Waals surface area contributed by atoms with E-state index in [4.69, 9.17) is 0 Å². The van der Waals surface area contributed by atoms with E-state index in [0.717, 1.165) is 18.4 Å². The predicted octanol–water partition coefficient (Wildman–Crippen LogP) is 1.02. The molecule has 3 saturated heterocycles. The first-order valence-corrected chi connectivity index (χ1v) is 9.27. The van der Waals surface area contributed by atoms with Gasteiger partial charge in [-0.1, -0.05) is 30.3 Å². The number of hydrogen-bond donors (Lipinski definition) is 2. The number of piperazine rings is 1. The van der Waals surface area contributed by atoms with E-state index in [-0.39, 0.29) is 36.0 Å². The van der Waals surface area contributed by atoms with Crippen molar-refractivity contribution in [3.8, 4) is 0 Å². The van der Waals surface area contributed by atoms with Crippen molar-refractivity contribution in [2.45, 2.75) is 50.4 Å². The van der Waals surface area contributed by atoms with Crippen LogP contribution in [0.4, 0.5) is 4.79 Å². The van der Waals surface area contributed by atoms with Gasteiger partial charge in [0.15, 0.2) is 0 Å². The lowest BCUT2D eigenvalue weighted by atomic mass is 10.1. The molecule has 3 heterocycles. The van der Waals surface area contributed by atoms with Crippen molar-refractivity contribution in [3.63, 3.8) is 0 Å². The first-order valence-electron chi connectivity index (χ1n) is 9.27. The van der Waals surface area contributed by atoms with Crippen molar-refractivity contribution in [1.82, 2.24) is 20.4 Å². The molecule has 0 unspecified atom stereocenters. The number of nitrogens with zero attached hydrogens (tertiary/aromatic N) is 2. The van der Waals surface area contributed by atoms with Crippen LogP contribution < -0.4 is 10.6 Å². The molecule has 26 heavy (non-hydrogen) atoms. The van der Waals surface area contributed by atoms with Gasteiger partial charge in [0.2, 0.25) is 11.8 Å². The summed E-state index contributed by atoms with van der Waals surface area (Å²) in [6, 6.07) is 8.43. The molecule has 7 heteroatoms. The van der Waals surface area contributed by atoms with Crippen LogP contribution in [0.1, 0.15) is 37.8 Å². The monoisotopic (exact) mass is 356 g/mol. The molecule has 1 aromatic rings. The minimum absolute atomic E-state index is 0.0365. The lowest BCUT2D eigenvalue weighted by molar-refractivity contribution is -0.156. The quantitative estimate of drug-likeness (QED) is 0.848. The molecule has 3 fully saturated rings. The molecule has 2 N–H and O–H groups in total. The Labute approximate surface area is 152 Å². The van der Waals surface area contributed by atoms with E-state index < -0.39 is 6.04 Å². The second-order valence-corrected chi connectivity index (χ2v) is 7.38. The Kier molecular flexibility index (Phi) is 4.30. The van der Waals surface area contributed by atoms with Crippen LogP contribution in [0.3, 0.4) is 0 Å². The Morgan fingerprint density at radius 2 is 1.85 bits per heavy atom. The Morgan fingerprint density at radius 3 is 2.62 bits per heavy atom. The second-order valence-electron chi connectivity index (χ2n) is 7.38. The van der Waals surface area contributed by atoms with Gasteiger partial charge in [0.05, 0.1) is 12.1 Å². The van der Waals surface area contributed by atoms with E-state index in [1.54, 1.807) is 9.80 Å². The highest BCUT2D eigenvalue weighted by atomic mass is 16.2. The van der Waals surface area contributed by atoms with Gasteiger partial charge in [0.1, 0.15) is 12.1 Å². The van der Waals surface area contributed by atoms with Crippen LogP contribution in [0.25, 0.3) is 0 Å². The van der Waals surface area contributed by atoms with E-state index in [2.05, 4.69) is 10.6 Å². The van der Waals surface area contributed by atoms with Crippen LogP contribution in [0, 0.1) is 0 Å². The topological polar surface area (TPSA) is 81.8 Å². The van der Waals surface area contributed by atoms with Gasteiger partial charge in [-0.3, -0.25) is 9.59 Å². The van der Waals surface area contributed by atoms with Crippen LogP contribution in [0.5, 0.6) is 0 Å². The Morgan fingerprint density at radius 1 is 1.12 bits per heavy atom. The smallest absolute Gasteiger partial charge is 0.315 e. The van der Waals surface area contributed by atoms with E-state index >= 15 is 0 Å². The van der Waals surface area contributed by atoms with Gasteiger partial charge >= 0.3 is 6.03 Å². The average molecular weight is 356 g/mol. The van der Waals surface area contributed by atoms with Gasteiger partial charge in [-0.2, -0.15) is 0 Å². The SMILES string of the molecule is C[C@H](NC(=O)N[C@H]1C[C@H]2C(=O)N3CCC[C@@H]3C(=O)N2C1)c1ccccc1. The van der Waals surface area contributed by atoms with Crippen molar-refractivity contribution < 1.29 is 14.4 Å². The molecule has 4 rings (SSSR count). The average Bonchev–Trinajstić information content (AvgIpc) is 3.28. The largest absolute Gasteiger partial charge is 0.334 e. The minimum atomic E-state index is -0.423. The van der Waals surface area contributed by atoms with Crippen LogP contribution >= 0.6 is 0 Å². The molecule has 3 aliphatic rings. The van der Waals surface area contributed by atoms with E-state index in [1.807, 2.05) is 37.3 Å². The molecule has 0 saturated carbocycles. The van der Waals surface area contributed by atoms with Crippen LogP contribution in [-0.4, -0.2) is 58.9 Å². The highest BCUT2D eigenvalue weighted by Crippen LogP contribution is 2.32. The first-order chi connectivity index (χ1) is 12.5. The second kappa shape index (κ2) is 6.63.